The summed E-state index contributed by atoms with van der Waals surface area (Å²) in [5, 5.41) is 2.53. The zero-order valence-corrected chi connectivity index (χ0v) is 20.1. The van der Waals surface area contributed by atoms with Gasteiger partial charge in [0.05, 0.1) is 17.2 Å². The van der Waals surface area contributed by atoms with Gasteiger partial charge in [-0.1, -0.05) is 30.3 Å². The summed E-state index contributed by atoms with van der Waals surface area (Å²) in [6, 6.07) is 9.05. The van der Waals surface area contributed by atoms with Gasteiger partial charge in [-0.2, -0.15) is 26.3 Å². The van der Waals surface area contributed by atoms with Crippen LogP contribution in [0.3, 0.4) is 0 Å². The van der Waals surface area contributed by atoms with Gasteiger partial charge in [-0.3, -0.25) is 9.59 Å². The fourth-order valence-electron chi connectivity index (χ4n) is 4.38. The second-order valence-electron chi connectivity index (χ2n) is 9.14. The number of nitrogens with one attached hydrogen (secondary N) is 1. The number of carbonyl (C=O) groups excluding carboxylic acids is 2. The molecular formula is C28H21F7N2O2. The number of nitrogens with two attached hydrogens (primary N) is 1. The van der Waals surface area contributed by atoms with Gasteiger partial charge >= 0.3 is 12.4 Å². The van der Waals surface area contributed by atoms with Crippen LogP contribution in [0.4, 0.5) is 36.4 Å². The molecular weight excluding hydrogens is 529 g/mol. The van der Waals surface area contributed by atoms with Crippen molar-refractivity contribution in [3.63, 3.8) is 0 Å². The van der Waals surface area contributed by atoms with Crippen molar-refractivity contribution in [3.05, 3.63) is 105 Å². The van der Waals surface area contributed by atoms with E-state index in [0.29, 0.717) is 41.7 Å². The van der Waals surface area contributed by atoms with Gasteiger partial charge in [0.25, 0.3) is 5.91 Å². The number of fused-ring (bicyclic) bond motifs is 1. The molecule has 0 saturated carbocycles. The summed E-state index contributed by atoms with van der Waals surface area (Å²) in [5.74, 6) is -1.83. The Morgan fingerprint density at radius 2 is 1.59 bits per heavy atom. The number of benzene rings is 3. The number of hydrogen-bond donors (Lipinski definition) is 2. The van der Waals surface area contributed by atoms with E-state index in [0.717, 1.165) is 11.6 Å². The molecule has 11 heteroatoms. The average molecular weight is 550 g/mol. The van der Waals surface area contributed by atoms with Crippen LogP contribution in [0, 0.1) is 5.82 Å². The molecule has 1 unspecified atom stereocenters. The number of aryl methyl sites for hydroxylation is 1. The number of carbonyl (C=O) groups is 2. The topological polar surface area (TPSA) is 72.2 Å². The Labute approximate surface area is 218 Å². The Morgan fingerprint density at radius 3 is 2.21 bits per heavy atom. The van der Waals surface area contributed by atoms with Crippen molar-refractivity contribution in [2.75, 3.05) is 5.73 Å². The first-order chi connectivity index (χ1) is 18.2. The monoisotopic (exact) mass is 550 g/mol. The third kappa shape index (κ3) is 6.65. The van der Waals surface area contributed by atoms with Gasteiger partial charge in [0.15, 0.2) is 5.78 Å². The van der Waals surface area contributed by atoms with E-state index in [1.54, 1.807) is 24.3 Å². The van der Waals surface area contributed by atoms with Gasteiger partial charge in [0, 0.05) is 17.7 Å². The van der Waals surface area contributed by atoms with Crippen LogP contribution in [0.5, 0.6) is 0 Å². The Kier molecular flexibility index (Phi) is 7.54. The zero-order chi connectivity index (χ0) is 28.5. The summed E-state index contributed by atoms with van der Waals surface area (Å²) in [4.78, 5) is 25.0. The minimum absolute atomic E-state index is 0.0206. The average Bonchev–Trinajstić information content (AvgIpc) is 3.25. The molecule has 0 spiro atoms. The molecule has 0 fully saturated rings. The Morgan fingerprint density at radius 1 is 0.923 bits per heavy atom. The lowest BCUT2D eigenvalue weighted by Gasteiger charge is -2.17. The molecule has 3 aromatic carbocycles. The number of amides is 1. The molecule has 1 atom stereocenters. The van der Waals surface area contributed by atoms with Crippen LogP contribution in [-0.4, -0.2) is 11.7 Å². The second kappa shape index (κ2) is 10.5. The maximum atomic E-state index is 13.2. The SMILES string of the molecule is Nc1cc(F)ccc1CC(=O)/C=C/c1ccc2c(c1)CCC2NC(=O)c1cc(C(F)(F)F)cc(C(F)(F)F)c1. The number of halogens is 7. The van der Waals surface area contributed by atoms with E-state index in [1.807, 2.05) is 0 Å². The molecule has 0 radical (unpaired) electrons. The Bertz CT molecular complexity index is 1430. The first-order valence-electron chi connectivity index (χ1n) is 11.7. The third-order valence-corrected chi connectivity index (χ3v) is 6.33. The van der Waals surface area contributed by atoms with Crippen molar-refractivity contribution in [1.82, 2.24) is 5.32 Å². The molecule has 1 aliphatic rings. The van der Waals surface area contributed by atoms with Gasteiger partial charge in [0.2, 0.25) is 0 Å². The number of rotatable bonds is 6. The molecule has 39 heavy (non-hydrogen) atoms. The smallest absolute Gasteiger partial charge is 0.398 e. The fourth-order valence-corrected chi connectivity index (χ4v) is 4.38. The normalized spacial score (nSPS) is 15.4. The molecule has 4 rings (SSSR count). The number of nitrogen functional groups attached to an aromatic ring is 1. The van der Waals surface area contributed by atoms with Gasteiger partial charge in [-0.15, -0.1) is 0 Å². The van der Waals surface area contributed by atoms with Crippen molar-refractivity contribution in [1.29, 1.82) is 0 Å². The lowest BCUT2D eigenvalue weighted by atomic mass is 10.0. The summed E-state index contributed by atoms with van der Waals surface area (Å²) in [5.41, 5.74) is 4.67. The van der Waals surface area contributed by atoms with Crippen LogP contribution in [0.1, 0.15) is 56.2 Å². The highest BCUT2D eigenvalue weighted by Gasteiger charge is 2.38. The van der Waals surface area contributed by atoms with Crippen LogP contribution in [-0.2, 0) is 30.0 Å². The molecule has 0 heterocycles. The molecule has 0 aromatic heterocycles. The highest BCUT2D eigenvalue weighted by atomic mass is 19.4. The van der Waals surface area contributed by atoms with E-state index in [2.05, 4.69) is 5.32 Å². The summed E-state index contributed by atoms with van der Waals surface area (Å²) < 4.78 is 92.1. The van der Waals surface area contributed by atoms with Crippen LogP contribution < -0.4 is 11.1 Å². The highest BCUT2D eigenvalue weighted by Crippen LogP contribution is 2.37. The highest BCUT2D eigenvalue weighted by molar-refractivity contribution is 5.96. The fraction of sp³-hybridized carbons (Fsp3) is 0.214. The van der Waals surface area contributed by atoms with Crippen molar-refractivity contribution >= 4 is 23.5 Å². The number of ketones is 1. The molecule has 1 aliphatic carbocycles. The van der Waals surface area contributed by atoms with E-state index < -0.39 is 46.8 Å². The first kappa shape index (κ1) is 27.9. The van der Waals surface area contributed by atoms with Gasteiger partial charge in [0.1, 0.15) is 5.82 Å². The predicted octanol–water partition coefficient (Wildman–Crippen LogP) is 6.69. The van der Waals surface area contributed by atoms with Crippen LogP contribution >= 0.6 is 0 Å². The summed E-state index contributed by atoms with van der Waals surface area (Å²) in [6.07, 6.45) is -6.33. The molecule has 3 N–H and O–H groups in total. The second-order valence-corrected chi connectivity index (χ2v) is 9.14. The van der Waals surface area contributed by atoms with Crippen LogP contribution in [0.25, 0.3) is 6.08 Å². The number of anilines is 1. The number of hydrogen-bond acceptors (Lipinski definition) is 3. The number of allylic oxidation sites excluding steroid dienone is 1. The third-order valence-electron chi connectivity index (χ3n) is 6.33. The molecule has 0 bridgehead atoms. The maximum absolute atomic E-state index is 13.2. The summed E-state index contributed by atoms with van der Waals surface area (Å²) in [7, 11) is 0. The van der Waals surface area contributed by atoms with E-state index in [1.165, 1.54) is 18.2 Å². The molecule has 3 aromatic rings. The minimum Gasteiger partial charge on any atom is -0.398 e. The standard InChI is InChI=1S/C28H21F7N2O2/c29-21-5-3-17(24(36)14-21)12-22(38)6-1-15-2-7-23-16(9-15)4-8-25(23)37-26(39)18-10-19(27(30,31)32)13-20(11-18)28(33,34)35/h1-3,5-7,9-11,13-14,25H,4,8,12,36H2,(H,37,39)/b6-1+. The van der Waals surface area contributed by atoms with Crippen molar-refractivity contribution in [3.8, 4) is 0 Å². The lowest BCUT2D eigenvalue weighted by Crippen LogP contribution is -2.28. The van der Waals surface area contributed by atoms with E-state index in [9.17, 15) is 40.3 Å². The predicted molar refractivity (Wildman–Crippen MR) is 130 cm³/mol. The van der Waals surface area contributed by atoms with E-state index in [-0.39, 0.29) is 24.0 Å². The zero-order valence-electron chi connectivity index (χ0n) is 20.1. The van der Waals surface area contributed by atoms with Crippen molar-refractivity contribution < 1.29 is 40.3 Å². The molecule has 1 amide bonds. The van der Waals surface area contributed by atoms with Crippen LogP contribution in [0.2, 0.25) is 0 Å². The van der Waals surface area contributed by atoms with Gasteiger partial charge in [-0.05, 0) is 71.5 Å². The lowest BCUT2D eigenvalue weighted by molar-refractivity contribution is -0.143. The van der Waals surface area contributed by atoms with Crippen molar-refractivity contribution in [2.45, 2.75) is 37.7 Å². The largest absolute Gasteiger partial charge is 0.416 e. The van der Waals surface area contributed by atoms with E-state index >= 15 is 0 Å². The van der Waals surface area contributed by atoms with Crippen molar-refractivity contribution in [2.24, 2.45) is 0 Å². The number of alkyl halides is 6. The minimum atomic E-state index is -5.06. The maximum Gasteiger partial charge on any atom is 0.416 e. The molecule has 0 aliphatic heterocycles. The first-order valence-corrected chi connectivity index (χ1v) is 11.7. The summed E-state index contributed by atoms with van der Waals surface area (Å²) in [6.45, 7) is 0. The Balaban J connectivity index is 1.47. The Hall–Kier alpha value is -4.15. The van der Waals surface area contributed by atoms with Gasteiger partial charge < -0.3 is 11.1 Å². The quantitative estimate of drug-likeness (QED) is 0.204. The molecule has 4 nitrogen and oxygen atoms in total. The molecule has 204 valence electrons. The molecule has 0 saturated heterocycles. The van der Waals surface area contributed by atoms with Crippen LogP contribution in [0.15, 0.2) is 60.7 Å². The summed E-state index contributed by atoms with van der Waals surface area (Å²) >= 11 is 0. The van der Waals surface area contributed by atoms with E-state index in [4.69, 9.17) is 5.73 Å². The van der Waals surface area contributed by atoms with Gasteiger partial charge in [-0.25, -0.2) is 4.39 Å².